The molecule has 1 aromatic carbocycles. The molecule has 3 aromatic rings. The fourth-order valence-electron chi connectivity index (χ4n) is 4.21. The molecule has 0 radical (unpaired) electrons. The summed E-state index contributed by atoms with van der Waals surface area (Å²) in [7, 11) is 3.29. The Hall–Kier alpha value is -2.36. The second kappa shape index (κ2) is 8.17. The number of nitrogens with one attached hydrogen (secondary N) is 2. The number of piperazine rings is 1. The summed E-state index contributed by atoms with van der Waals surface area (Å²) >= 11 is 1.51. The molecule has 156 valence electrons. The quantitative estimate of drug-likeness (QED) is 0.512. The van der Waals surface area contributed by atoms with Gasteiger partial charge in [0.25, 0.3) is 0 Å². The van der Waals surface area contributed by atoms with Gasteiger partial charge in [-0.25, -0.2) is 4.98 Å². The molecule has 3 N–H and O–H groups in total. The van der Waals surface area contributed by atoms with Crippen LogP contribution in [0.15, 0.2) is 18.2 Å². The summed E-state index contributed by atoms with van der Waals surface area (Å²) in [5.74, 6) is 2.24. The lowest BCUT2D eigenvalue weighted by molar-refractivity contribution is -1.02. The highest BCUT2D eigenvalue weighted by Crippen LogP contribution is 2.37. The monoisotopic (exact) mass is 419 g/mol. The number of rotatable bonds is 6. The largest absolute Gasteiger partial charge is 0.493 e. The zero-order valence-electron chi connectivity index (χ0n) is 17.4. The standard InChI is InChI=1S/C20H27N5O3S/c1-5-23-8-10-24(11-9-23)17(14-6-7-15(27-3)16(12-14)28-4)18-19(26)25-20(29-18)21-13(2)22-25/h6-7,12,17,26H,5,8-11H2,1-4H3/p+2/t17-/m1/s1. The van der Waals surface area contributed by atoms with Gasteiger partial charge < -0.3 is 24.4 Å². The Morgan fingerprint density at radius 3 is 2.52 bits per heavy atom. The van der Waals surface area contributed by atoms with Crippen LogP contribution in [-0.2, 0) is 0 Å². The minimum absolute atomic E-state index is 0.0120. The van der Waals surface area contributed by atoms with Crippen LogP contribution in [0.4, 0.5) is 0 Å². The van der Waals surface area contributed by atoms with Gasteiger partial charge in [-0.3, -0.25) is 0 Å². The van der Waals surface area contributed by atoms with Gasteiger partial charge in [0, 0.05) is 5.56 Å². The number of hydrogen-bond acceptors (Lipinski definition) is 6. The first-order chi connectivity index (χ1) is 14.0. The summed E-state index contributed by atoms with van der Waals surface area (Å²) in [6, 6.07) is 6.02. The Morgan fingerprint density at radius 1 is 1.17 bits per heavy atom. The topological polar surface area (TPSA) is 77.8 Å². The molecule has 0 spiro atoms. The van der Waals surface area contributed by atoms with Crippen LogP contribution in [0.3, 0.4) is 0 Å². The van der Waals surface area contributed by atoms with E-state index < -0.39 is 0 Å². The van der Waals surface area contributed by atoms with Gasteiger partial charge in [-0.2, -0.15) is 4.52 Å². The molecule has 1 saturated heterocycles. The van der Waals surface area contributed by atoms with Crippen molar-refractivity contribution in [3.63, 3.8) is 0 Å². The number of aromatic hydroxyl groups is 1. The molecule has 9 heteroatoms. The number of nitrogens with zero attached hydrogens (tertiary/aromatic N) is 3. The maximum Gasteiger partial charge on any atom is 0.235 e. The number of hydrogen-bond donors (Lipinski definition) is 3. The number of methoxy groups -OCH3 is 2. The first kappa shape index (κ1) is 19.9. The number of aromatic nitrogens is 3. The van der Waals surface area contributed by atoms with E-state index in [0.717, 1.165) is 48.1 Å². The zero-order valence-corrected chi connectivity index (χ0v) is 18.2. The van der Waals surface area contributed by atoms with E-state index in [4.69, 9.17) is 9.47 Å². The second-order valence-corrected chi connectivity index (χ2v) is 8.46. The number of fused-ring (bicyclic) bond motifs is 1. The fraction of sp³-hybridized carbons (Fsp3) is 0.500. The Labute approximate surface area is 174 Å². The average molecular weight is 420 g/mol. The van der Waals surface area contributed by atoms with Crippen molar-refractivity contribution in [2.45, 2.75) is 19.9 Å². The van der Waals surface area contributed by atoms with Gasteiger partial charge in [0.1, 0.15) is 36.9 Å². The Bertz CT molecular complexity index is 994. The molecule has 0 unspecified atom stereocenters. The van der Waals surface area contributed by atoms with Gasteiger partial charge in [0.15, 0.2) is 17.5 Å². The summed E-state index contributed by atoms with van der Waals surface area (Å²) in [5.41, 5.74) is 1.09. The lowest BCUT2D eigenvalue weighted by atomic mass is 10.0. The molecule has 1 aliphatic heterocycles. The van der Waals surface area contributed by atoms with Crippen molar-refractivity contribution in [2.24, 2.45) is 0 Å². The molecule has 1 atom stereocenters. The number of aryl methyl sites for hydroxylation is 1. The highest BCUT2D eigenvalue weighted by Gasteiger charge is 2.36. The van der Waals surface area contributed by atoms with E-state index in [-0.39, 0.29) is 11.9 Å². The predicted octanol–water partition coefficient (Wildman–Crippen LogP) is -0.285. The van der Waals surface area contributed by atoms with E-state index >= 15 is 0 Å². The third-order valence-corrected chi connectivity index (χ3v) is 6.90. The highest BCUT2D eigenvalue weighted by atomic mass is 32.1. The van der Waals surface area contributed by atoms with Gasteiger partial charge in [-0.05, 0) is 32.0 Å². The van der Waals surface area contributed by atoms with Crippen LogP contribution in [0, 0.1) is 6.92 Å². The van der Waals surface area contributed by atoms with E-state index in [1.165, 1.54) is 16.2 Å². The van der Waals surface area contributed by atoms with Crippen molar-refractivity contribution in [1.82, 2.24) is 14.6 Å². The van der Waals surface area contributed by atoms with Gasteiger partial charge >= 0.3 is 0 Å². The molecular weight excluding hydrogens is 390 g/mol. The molecule has 1 aliphatic rings. The number of quaternary nitrogens is 2. The minimum atomic E-state index is -0.0120. The molecule has 8 nitrogen and oxygen atoms in total. The van der Waals surface area contributed by atoms with Crippen LogP contribution < -0.4 is 19.3 Å². The van der Waals surface area contributed by atoms with Crippen molar-refractivity contribution in [1.29, 1.82) is 0 Å². The lowest BCUT2D eigenvalue weighted by Gasteiger charge is -2.34. The SMILES string of the molecule is CC[NH+]1CC[NH+]([C@H](c2ccc(OC)c(OC)c2)c2sc3nc(C)nn3c2O)CC1. The van der Waals surface area contributed by atoms with Crippen molar-refractivity contribution in [3.05, 3.63) is 34.5 Å². The van der Waals surface area contributed by atoms with E-state index in [1.807, 2.05) is 19.1 Å². The molecule has 2 aromatic heterocycles. The van der Waals surface area contributed by atoms with Crippen molar-refractivity contribution < 1.29 is 24.4 Å². The Kier molecular flexibility index (Phi) is 5.62. The van der Waals surface area contributed by atoms with Crippen LogP contribution in [-0.4, -0.2) is 66.6 Å². The molecule has 1 fully saturated rings. The first-order valence-electron chi connectivity index (χ1n) is 10.0. The summed E-state index contributed by atoms with van der Waals surface area (Å²) < 4.78 is 12.5. The van der Waals surface area contributed by atoms with E-state index in [0.29, 0.717) is 17.3 Å². The van der Waals surface area contributed by atoms with Gasteiger partial charge in [-0.15, -0.1) is 5.10 Å². The number of ether oxygens (including phenoxy) is 2. The summed E-state index contributed by atoms with van der Waals surface area (Å²) in [4.78, 5) is 9.13. The third kappa shape index (κ3) is 3.65. The molecule has 0 aliphatic carbocycles. The van der Waals surface area contributed by atoms with Crippen LogP contribution in [0.5, 0.6) is 17.4 Å². The Morgan fingerprint density at radius 2 is 1.90 bits per heavy atom. The van der Waals surface area contributed by atoms with Crippen LogP contribution in [0.1, 0.15) is 29.2 Å². The average Bonchev–Trinajstić information content (AvgIpc) is 3.25. The maximum absolute atomic E-state index is 11.0. The predicted molar refractivity (Wildman–Crippen MR) is 111 cm³/mol. The van der Waals surface area contributed by atoms with Crippen LogP contribution >= 0.6 is 11.3 Å². The van der Waals surface area contributed by atoms with Gasteiger partial charge in [0.2, 0.25) is 10.8 Å². The van der Waals surface area contributed by atoms with E-state index in [2.05, 4.69) is 23.1 Å². The molecule has 0 saturated carbocycles. The summed E-state index contributed by atoms with van der Waals surface area (Å²) in [6.07, 6.45) is 0. The van der Waals surface area contributed by atoms with Gasteiger partial charge in [0.05, 0.1) is 20.8 Å². The number of thiazole rings is 1. The lowest BCUT2D eigenvalue weighted by Crippen LogP contribution is -3.28. The number of benzene rings is 1. The molecular formula is C20H29N5O3S+2. The molecule has 0 bridgehead atoms. The smallest absolute Gasteiger partial charge is 0.235 e. The first-order valence-corrected chi connectivity index (χ1v) is 10.8. The van der Waals surface area contributed by atoms with Crippen molar-refractivity contribution >= 4 is 16.3 Å². The summed E-state index contributed by atoms with van der Waals surface area (Å²) in [6.45, 7) is 9.54. The molecule has 29 heavy (non-hydrogen) atoms. The van der Waals surface area contributed by atoms with Crippen LogP contribution in [0.25, 0.3) is 4.96 Å². The third-order valence-electron chi connectivity index (χ3n) is 5.82. The second-order valence-electron chi connectivity index (χ2n) is 7.45. The number of likely N-dealkylation sites (N-methyl/N-ethyl adjacent to an activating group) is 1. The fourth-order valence-corrected chi connectivity index (χ4v) is 5.39. The van der Waals surface area contributed by atoms with Crippen LogP contribution in [0.2, 0.25) is 0 Å². The molecule has 0 amide bonds. The minimum Gasteiger partial charge on any atom is -0.493 e. The normalized spacial score (nSPS) is 20.7. The van der Waals surface area contributed by atoms with Crippen molar-refractivity contribution in [2.75, 3.05) is 46.9 Å². The molecule has 4 rings (SSSR count). The highest BCUT2D eigenvalue weighted by molar-refractivity contribution is 7.17. The van der Waals surface area contributed by atoms with Crippen molar-refractivity contribution in [3.8, 4) is 17.4 Å². The van der Waals surface area contributed by atoms with E-state index in [9.17, 15) is 5.11 Å². The zero-order chi connectivity index (χ0) is 20.5. The maximum atomic E-state index is 11.0. The van der Waals surface area contributed by atoms with Gasteiger partial charge in [-0.1, -0.05) is 11.3 Å². The Balaban J connectivity index is 1.79. The van der Waals surface area contributed by atoms with E-state index in [1.54, 1.807) is 23.6 Å². The molecule has 3 heterocycles. The summed E-state index contributed by atoms with van der Waals surface area (Å²) in [5, 5.41) is 15.3.